The topological polar surface area (TPSA) is 56.1 Å². The number of benzene rings is 1. The summed E-state index contributed by atoms with van der Waals surface area (Å²) in [6, 6.07) is 12.3. The van der Waals surface area contributed by atoms with Crippen LogP contribution in [0.5, 0.6) is 5.75 Å². The molecule has 3 aromatic rings. The van der Waals surface area contributed by atoms with Crippen molar-refractivity contribution < 1.29 is 4.74 Å². The standard InChI is InChI=1S/C21H25N5O/c1-16-4-3-5-19(14-16)27-15-20-23-21(17-6-10-22-11-7-17)24-26(20)18-8-12-25(2)13-9-18/h3-7,10-11,14,18H,8-9,12-13,15H2,1-2H3. The maximum atomic E-state index is 6.03. The van der Waals surface area contributed by atoms with E-state index in [1.807, 2.05) is 30.3 Å². The molecule has 2 aromatic heterocycles. The summed E-state index contributed by atoms with van der Waals surface area (Å²) in [7, 11) is 2.17. The van der Waals surface area contributed by atoms with Gasteiger partial charge in [-0.05, 0) is 69.7 Å². The van der Waals surface area contributed by atoms with Crippen LogP contribution in [0.3, 0.4) is 0 Å². The van der Waals surface area contributed by atoms with Crippen molar-refractivity contribution in [2.75, 3.05) is 20.1 Å². The molecule has 27 heavy (non-hydrogen) atoms. The van der Waals surface area contributed by atoms with Gasteiger partial charge in [-0.25, -0.2) is 9.67 Å². The second-order valence-electron chi connectivity index (χ2n) is 7.17. The average Bonchev–Trinajstić information content (AvgIpc) is 3.12. The van der Waals surface area contributed by atoms with E-state index >= 15 is 0 Å². The van der Waals surface area contributed by atoms with Gasteiger partial charge in [-0.3, -0.25) is 4.98 Å². The first-order valence-corrected chi connectivity index (χ1v) is 9.43. The predicted molar refractivity (Wildman–Crippen MR) is 105 cm³/mol. The molecular formula is C21H25N5O. The number of aromatic nitrogens is 4. The van der Waals surface area contributed by atoms with E-state index < -0.39 is 0 Å². The van der Waals surface area contributed by atoms with Gasteiger partial charge >= 0.3 is 0 Å². The fourth-order valence-electron chi connectivity index (χ4n) is 3.46. The van der Waals surface area contributed by atoms with Gasteiger partial charge in [0, 0.05) is 18.0 Å². The lowest BCUT2D eigenvalue weighted by Crippen LogP contribution is -2.32. The van der Waals surface area contributed by atoms with Crippen molar-refractivity contribution in [1.82, 2.24) is 24.6 Å². The highest BCUT2D eigenvalue weighted by atomic mass is 16.5. The number of piperidine rings is 1. The van der Waals surface area contributed by atoms with Crippen molar-refractivity contribution in [2.45, 2.75) is 32.4 Å². The highest BCUT2D eigenvalue weighted by Gasteiger charge is 2.23. The Balaban J connectivity index is 1.60. The van der Waals surface area contributed by atoms with E-state index in [1.165, 1.54) is 5.56 Å². The van der Waals surface area contributed by atoms with Crippen LogP contribution in [0.1, 0.15) is 30.3 Å². The number of hydrogen-bond acceptors (Lipinski definition) is 5. The summed E-state index contributed by atoms with van der Waals surface area (Å²) in [5, 5.41) is 4.84. The number of likely N-dealkylation sites (tertiary alicyclic amines) is 1. The van der Waals surface area contributed by atoms with Gasteiger partial charge in [0.15, 0.2) is 11.6 Å². The summed E-state index contributed by atoms with van der Waals surface area (Å²) < 4.78 is 8.11. The van der Waals surface area contributed by atoms with Crippen molar-refractivity contribution in [3.05, 3.63) is 60.2 Å². The van der Waals surface area contributed by atoms with Crippen LogP contribution >= 0.6 is 0 Å². The Hall–Kier alpha value is -2.73. The van der Waals surface area contributed by atoms with Gasteiger partial charge in [0.05, 0.1) is 6.04 Å². The maximum Gasteiger partial charge on any atom is 0.181 e. The zero-order chi connectivity index (χ0) is 18.6. The monoisotopic (exact) mass is 363 g/mol. The molecule has 1 aliphatic rings. The molecule has 0 unspecified atom stereocenters. The van der Waals surface area contributed by atoms with E-state index in [1.54, 1.807) is 12.4 Å². The van der Waals surface area contributed by atoms with Gasteiger partial charge in [0.2, 0.25) is 0 Å². The first kappa shape index (κ1) is 17.7. The fourth-order valence-corrected chi connectivity index (χ4v) is 3.46. The zero-order valence-electron chi connectivity index (χ0n) is 15.9. The number of aryl methyl sites for hydroxylation is 1. The molecule has 4 rings (SSSR count). The van der Waals surface area contributed by atoms with Crippen molar-refractivity contribution in [3.63, 3.8) is 0 Å². The number of rotatable bonds is 5. The van der Waals surface area contributed by atoms with Crippen molar-refractivity contribution >= 4 is 0 Å². The molecule has 0 amide bonds. The first-order chi connectivity index (χ1) is 13.2. The van der Waals surface area contributed by atoms with Crippen molar-refractivity contribution in [3.8, 4) is 17.1 Å². The minimum atomic E-state index is 0.361. The summed E-state index contributed by atoms with van der Waals surface area (Å²) in [6.45, 7) is 4.63. The molecule has 1 aliphatic heterocycles. The Labute approximate surface area is 159 Å². The molecule has 6 heteroatoms. The smallest absolute Gasteiger partial charge is 0.181 e. The van der Waals surface area contributed by atoms with E-state index in [-0.39, 0.29) is 0 Å². The van der Waals surface area contributed by atoms with Gasteiger partial charge in [0.25, 0.3) is 0 Å². The largest absolute Gasteiger partial charge is 0.486 e. The fraction of sp³-hybridized carbons (Fsp3) is 0.381. The normalized spacial score (nSPS) is 15.8. The minimum absolute atomic E-state index is 0.361. The molecular weight excluding hydrogens is 338 g/mol. The third-order valence-electron chi connectivity index (χ3n) is 5.03. The van der Waals surface area contributed by atoms with Crippen molar-refractivity contribution in [2.24, 2.45) is 0 Å². The molecule has 140 valence electrons. The van der Waals surface area contributed by atoms with Crippen LogP contribution in [0.15, 0.2) is 48.8 Å². The molecule has 0 saturated carbocycles. The van der Waals surface area contributed by atoms with Gasteiger partial charge in [-0.1, -0.05) is 12.1 Å². The van der Waals surface area contributed by atoms with Crippen molar-refractivity contribution in [1.29, 1.82) is 0 Å². The van der Waals surface area contributed by atoms with E-state index in [0.717, 1.165) is 48.9 Å². The SMILES string of the molecule is Cc1cccc(OCc2nc(-c3ccncc3)nn2C2CCN(C)CC2)c1. The van der Waals surface area contributed by atoms with Gasteiger partial charge in [-0.15, -0.1) is 0 Å². The van der Waals surface area contributed by atoms with Crippen LogP contribution in [-0.2, 0) is 6.61 Å². The molecule has 1 fully saturated rings. The third-order valence-corrected chi connectivity index (χ3v) is 5.03. The van der Waals surface area contributed by atoms with Crippen LogP contribution in [-0.4, -0.2) is 44.8 Å². The lowest BCUT2D eigenvalue weighted by atomic mass is 10.1. The van der Waals surface area contributed by atoms with E-state index in [2.05, 4.69) is 34.6 Å². The minimum Gasteiger partial charge on any atom is -0.486 e. The van der Waals surface area contributed by atoms with Crippen LogP contribution in [0, 0.1) is 6.92 Å². The Bertz CT molecular complexity index is 885. The molecule has 0 aliphatic carbocycles. The third kappa shape index (κ3) is 4.17. The summed E-state index contributed by atoms with van der Waals surface area (Å²) in [5.74, 6) is 2.47. The van der Waals surface area contributed by atoms with Gasteiger partial charge in [0.1, 0.15) is 12.4 Å². The molecule has 0 N–H and O–H groups in total. The van der Waals surface area contributed by atoms with Gasteiger partial charge in [-0.2, -0.15) is 5.10 Å². The lowest BCUT2D eigenvalue weighted by molar-refractivity contribution is 0.200. The molecule has 1 saturated heterocycles. The summed E-state index contributed by atoms with van der Waals surface area (Å²) >= 11 is 0. The van der Waals surface area contributed by atoms with E-state index in [4.69, 9.17) is 14.8 Å². The van der Waals surface area contributed by atoms with E-state index in [9.17, 15) is 0 Å². The molecule has 6 nitrogen and oxygen atoms in total. The Kier molecular flexibility index (Phi) is 5.16. The molecule has 0 bridgehead atoms. The highest BCUT2D eigenvalue weighted by Crippen LogP contribution is 2.25. The lowest BCUT2D eigenvalue weighted by Gasteiger charge is -2.29. The summed E-state index contributed by atoms with van der Waals surface area (Å²) in [6.07, 6.45) is 5.70. The van der Waals surface area contributed by atoms with E-state index in [0.29, 0.717) is 12.6 Å². The number of nitrogens with zero attached hydrogens (tertiary/aromatic N) is 5. The molecule has 3 heterocycles. The quantitative estimate of drug-likeness (QED) is 0.694. The number of ether oxygens (including phenoxy) is 1. The average molecular weight is 363 g/mol. The summed E-state index contributed by atoms with van der Waals surface area (Å²) in [5.41, 5.74) is 2.16. The second kappa shape index (κ2) is 7.88. The number of pyridine rings is 1. The molecule has 1 aromatic carbocycles. The Morgan fingerprint density at radius 1 is 1.11 bits per heavy atom. The molecule has 0 radical (unpaired) electrons. The maximum absolute atomic E-state index is 6.03. The highest BCUT2D eigenvalue weighted by molar-refractivity contribution is 5.53. The first-order valence-electron chi connectivity index (χ1n) is 9.43. The van der Waals surface area contributed by atoms with Crippen LogP contribution in [0.25, 0.3) is 11.4 Å². The van der Waals surface area contributed by atoms with Gasteiger partial charge < -0.3 is 9.64 Å². The predicted octanol–water partition coefficient (Wildman–Crippen LogP) is 3.49. The number of hydrogen-bond donors (Lipinski definition) is 0. The Morgan fingerprint density at radius 3 is 2.63 bits per heavy atom. The Morgan fingerprint density at radius 2 is 1.89 bits per heavy atom. The van der Waals surface area contributed by atoms with Crippen LogP contribution < -0.4 is 4.74 Å². The zero-order valence-corrected chi connectivity index (χ0v) is 15.9. The second-order valence-corrected chi connectivity index (χ2v) is 7.17. The molecule has 0 atom stereocenters. The van der Waals surface area contributed by atoms with Crippen LogP contribution in [0.4, 0.5) is 0 Å². The van der Waals surface area contributed by atoms with Crippen LogP contribution in [0.2, 0.25) is 0 Å². The molecule has 0 spiro atoms. The summed E-state index contributed by atoms with van der Waals surface area (Å²) in [4.78, 5) is 11.2.